The Balaban J connectivity index is 1.35. The molecule has 274 valence electrons. The van der Waals surface area contributed by atoms with Gasteiger partial charge in [0.25, 0.3) is 5.91 Å². The van der Waals surface area contributed by atoms with Crippen LogP contribution < -0.4 is 32.7 Å². The molecule has 1 aliphatic heterocycles. The Labute approximate surface area is 296 Å². The maximum atomic E-state index is 13.1. The van der Waals surface area contributed by atoms with Gasteiger partial charge in [-0.2, -0.15) is 0 Å². The smallest absolute Gasteiger partial charge is 0.326 e. The lowest BCUT2D eigenvalue weighted by Crippen LogP contribution is -2.54. The van der Waals surface area contributed by atoms with E-state index in [4.69, 9.17) is 11.5 Å². The average Bonchev–Trinajstić information content (AvgIpc) is 3.62. The number of carboxylic acids is 1. The Morgan fingerprint density at radius 3 is 1.92 bits per heavy atom. The molecule has 1 saturated heterocycles. The number of carbonyl (C=O) groups is 10. The second kappa shape index (κ2) is 17.0. The normalized spacial score (nSPS) is 15.7. The number of Topliss-reactive ketones (excluding diaryl/α,β-unsaturated/α-hetero) is 2. The zero-order chi connectivity index (χ0) is 38.1. The standard InChI is InChI=1S/C34H37N7O11/c35-25(42)11-9-22(32(49)38-16-28(45)40-23(10-12-26(36)43)33(50)41-13-3-6-24(41)34(51)52)39-27(44)15-37-31(48)17-7-8-20-21(14-17)18-4-1-2-5-19(18)29(46)30(20)47/h1-2,4-5,7-8,14,22-24H,3,6,9-13,15-16H2,(H2,35,42)(H2,36,43)(H,37,48)(H,38,49)(H,39,44)(H,40,45)(H,51,52). The number of carboxylic acid groups (broad SMARTS) is 1. The number of nitrogens with zero attached hydrogens (tertiary/aromatic N) is 1. The van der Waals surface area contributed by atoms with Crippen molar-refractivity contribution in [1.29, 1.82) is 0 Å². The molecule has 1 fully saturated rings. The summed E-state index contributed by atoms with van der Waals surface area (Å²) in [5.74, 6) is -8.23. The van der Waals surface area contributed by atoms with Gasteiger partial charge >= 0.3 is 5.97 Å². The van der Waals surface area contributed by atoms with Gasteiger partial charge in [0, 0.05) is 36.1 Å². The van der Waals surface area contributed by atoms with Crippen molar-refractivity contribution in [2.75, 3.05) is 19.6 Å². The van der Waals surface area contributed by atoms with E-state index in [2.05, 4.69) is 21.3 Å². The summed E-state index contributed by atoms with van der Waals surface area (Å²) in [5.41, 5.74) is 11.7. The van der Waals surface area contributed by atoms with Gasteiger partial charge in [-0.3, -0.25) is 43.2 Å². The molecule has 0 bridgehead atoms. The molecule has 52 heavy (non-hydrogen) atoms. The summed E-state index contributed by atoms with van der Waals surface area (Å²) in [5, 5.41) is 18.9. The highest BCUT2D eigenvalue weighted by molar-refractivity contribution is 6.53. The van der Waals surface area contributed by atoms with E-state index in [-0.39, 0.29) is 55.3 Å². The first-order valence-electron chi connectivity index (χ1n) is 16.2. The minimum atomic E-state index is -1.39. The fourth-order valence-corrected chi connectivity index (χ4v) is 5.90. The Morgan fingerprint density at radius 2 is 1.31 bits per heavy atom. The molecule has 1 aliphatic carbocycles. The van der Waals surface area contributed by atoms with E-state index >= 15 is 0 Å². The van der Waals surface area contributed by atoms with Gasteiger partial charge in [0.05, 0.1) is 13.1 Å². The Kier molecular flexibility index (Phi) is 12.5. The fraction of sp³-hybridized carbons (Fsp3) is 0.353. The third kappa shape index (κ3) is 9.40. The summed E-state index contributed by atoms with van der Waals surface area (Å²) in [6.07, 6.45) is -0.497. The number of likely N-dealkylation sites (tertiary alicyclic amines) is 1. The molecule has 2 aromatic rings. The first kappa shape index (κ1) is 38.3. The third-order valence-electron chi connectivity index (χ3n) is 8.49. The number of fused-ring (bicyclic) bond motifs is 3. The predicted molar refractivity (Wildman–Crippen MR) is 179 cm³/mol. The topological polar surface area (TPSA) is 294 Å². The van der Waals surface area contributed by atoms with E-state index in [1.807, 2.05) is 0 Å². The van der Waals surface area contributed by atoms with Crippen molar-refractivity contribution in [2.24, 2.45) is 11.5 Å². The number of nitrogens with one attached hydrogen (secondary N) is 4. The molecule has 2 aliphatic rings. The largest absolute Gasteiger partial charge is 0.480 e. The number of benzene rings is 2. The molecule has 3 unspecified atom stereocenters. The molecular weight excluding hydrogens is 682 g/mol. The highest BCUT2D eigenvalue weighted by Gasteiger charge is 2.38. The van der Waals surface area contributed by atoms with Crippen LogP contribution in [0.4, 0.5) is 0 Å². The first-order chi connectivity index (χ1) is 24.7. The SMILES string of the molecule is NC(=O)CCC(NC(=O)CNC(=O)c1ccc2c(c1)-c1ccccc1C(=O)C2=O)C(=O)NCC(=O)NC(CCC(N)=O)C(=O)N1CCCC1C(=O)O. The molecule has 0 spiro atoms. The van der Waals surface area contributed by atoms with Gasteiger partial charge < -0.3 is 42.7 Å². The fourth-order valence-electron chi connectivity index (χ4n) is 5.90. The second-order valence-corrected chi connectivity index (χ2v) is 12.1. The minimum Gasteiger partial charge on any atom is -0.480 e. The number of amides is 7. The van der Waals surface area contributed by atoms with Crippen LogP contribution in [0.2, 0.25) is 0 Å². The van der Waals surface area contributed by atoms with Gasteiger partial charge in [0.2, 0.25) is 47.0 Å². The van der Waals surface area contributed by atoms with Gasteiger partial charge in [-0.25, -0.2) is 4.79 Å². The molecule has 0 saturated carbocycles. The number of rotatable bonds is 16. The molecule has 1 heterocycles. The first-order valence-corrected chi connectivity index (χ1v) is 16.2. The molecule has 0 aromatic heterocycles. The average molecular weight is 720 g/mol. The molecule has 18 heteroatoms. The van der Waals surface area contributed by atoms with Crippen LogP contribution >= 0.6 is 0 Å². The van der Waals surface area contributed by atoms with Crippen molar-refractivity contribution >= 4 is 58.9 Å². The molecule has 2 aromatic carbocycles. The van der Waals surface area contributed by atoms with Gasteiger partial charge in [-0.15, -0.1) is 0 Å². The van der Waals surface area contributed by atoms with Crippen molar-refractivity contribution < 1.29 is 53.1 Å². The van der Waals surface area contributed by atoms with Crippen molar-refractivity contribution in [3.8, 4) is 11.1 Å². The molecule has 18 nitrogen and oxygen atoms in total. The van der Waals surface area contributed by atoms with Crippen LogP contribution in [0.15, 0.2) is 42.5 Å². The summed E-state index contributed by atoms with van der Waals surface area (Å²) in [4.78, 5) is 125. The molecule has 3 atom stereocenters. The van der Waals surface area contributed by atoms with Crippen molar-refractivity contribution in [2.45, 2.75) is 56.7 Å². The van der Waals surface area contributed by atoms with Gasteiger partial charge in [0.15, 0.2) is 0 Å². The third-order valence-corrected chi connectivity index (χ3v) is 8.49. The maximum Gasteiger partial charge on any atom is 0.326 e. The monoisotopic (exact) mass is 719 g/mol. The number of ketones is 2. The molecule has 7 amide bonds. The molecular formula is C34H37N7O11. The number of carbonyl (C=O) groups excluding carboxylic acids is 9. The molecule has 0 radical (unpaired) electrons. The summed E-state index contributed by atoms with van der Waals surface area (Å²) < 4.78 is 0. The van der Waals surface area contributed by atoms with E-state index in [1.165, 1.54) is 24.3 Å². The summed E-state index contributed by atoms with van der Waals surface area (Å²) in [6, 6.07) is 6.70. The minimum absolute atomic E-state index is 0.0772. The zero-order valence-corrected chi connectivity index (χ0v) is 27.8. The van der Waals surface area contributed by atoms with Crippen LogP contribution in [0.3, 0.4) is 0 Å². The second-order valence-electron chi connectivity index (χ2n) is 12.1. The summed E-state index contributed by atoms with van der Waals surface area (Å²) >= 11 is 0. The van der Waals surface area contributed by atoms with Gasteiger partial charge in [-0.05, 0) is 55.0 Å². The Morgan fingerprint density at radius 1 is 0.750 bits per heavy atom. The van der Waals surface area contributed by atoms with Crippen molar-refractivity contribution in [3.63, 3.8) is 0 Å². The summed E-state index contributed by atoms with van der Waals surface area (Å²) in [7, 11) is 0. The number of hydrogen-bond acceptors (Lipinski definition) is 10. The van der Waals surface area contributed by atoms with Crippen LogP contribution in [0, 0.1) is 0 Å². The van der Waals surface area contributed by atoms with Crippen LogP contribution in [-0.4, -0.2) is 107 Å². The number of nitrogens with two attached hydrogens (primary N) is 2. The lowest BCUT2D eigenvalue weighted by Gasteiger charge is -2.27. The van der Waals surface area contributed by atoms with E-state index in [0.717, 1.165) is 4.90 Å². The van der Waals surface area contributed by atoms with E-state index in [1.54, 1.807) is 18.2 Å². The lowest BCUT2D eigenvalue weighted by atomic mass is 9.83. The number of primary amides is 2. The van der Waals surface area contributed by atoms with Gasteiger partial charge in [-0.1, -0.05) is 24.3 Å². The maximum absolute atomic E-state index is 13.1. The van der Waals surface area contributed by atoms with Crippen LogP contribution in [0.5, 0.6) is 0 Å². The van der Waals surface area contributed by atoms with Crippen LogP contribution in [0.1, 0.15) is 69.6 Å². The number of hydrogen-bond donors (Lipinski definition) is 7. The number of aliphatic carboxylic acids is 1. The van der Waals surface area contributed by atoms with E-state index in [9.17, 15) is 53.1 Å². The van der Waals surface area contributed by atoms with Crippen molar-refractivity contribution in [3.05, 3.63) is 59.2 Å². The highest BCUT2D eigenvalue weighted by atomic mass is 16.4. The summed E-state index contributed by atoms with van der Waals surface area (Å²) in [6.45, 7) is -1.21. The van der Waals surface area contributed by atoms with Crippen molar-refractivity contribution in [1.82, 2.24) is 26.2 Å². The molecule has 9 N–H and O–H groups in total. The van der Waals surface area contributed by atoms with Gasteiger partial charge in [0.1, 0.15) is 18.1 Å². The Hall–Kier alpha value is -6.46. The zero-order valence-electron chi connectivity index (χ0n) is 27.8. The van der Waals surface area contributed by atoms with E-state index < -0.39 is 90.1 Å². The molecule has 4 rings (SSSR count). The highest BCUT2D eigenvalue weighted by Crippen LogP contribution is 2.34. The quantitative estimate of drug-likeness (QED) is 0.0946. The van der Waals surface area contributed by atoms with Crippen LogP contribution in [-0.2, 0) is 33.6 Å². The lowest BCUT2D eigenvalue weighted by molar-refractivity contribution is -0.149. The van der Waals surface area contributed by atoms with E-state index in [0.29, 0.717) is 17.5 Å². The van der Waals surface area contributed by atoms with Crippen LogP contribution in [0.25, 0.3) is 11.1 Å². The Bertz CT molecular complexity index is 1840. The predicted octanol–water partition coefficient (Wildman–Crippen LogP) is -1.85.